The topological polar surface area (TPSA) is 29.3 Å². The van der Waals surface area contributed by atoms with Crippen LogP contribution in [0.1, 0.15) is 19.4 Å². The minimum atomic E-state index is 0.584. The largest absolute Gasteiger partial charge is 0.366 e. The van der Waals surface area contributed by atoms with Gasteiger partial charge in [0.15, 0.2) is 0 Å². The van der Waals surface area contributed by atoms with Crippen LogP contribution in [0.15, 0.2) is 22.7 Å². The van der Waals surface area contributed by atoms with Crippen LogP contribution in [-0.2, 0) is 6.42 Å². The van der Waals surface area contributed by atoms with Gasteiger partial charge in [0, 0.05) is 28.1 Å². The highest BCUT2D eigenvalue weighted by Crippen LogP contribution is 2.34. The fourth-order valence-corrected chi connectivity index (χ4v) is 4.13. The first kappa shape index (κ1) is 14.2. The van der Waals surface area contributed by atoms with Gasteiger partial charge in [0.25, 0.3) is 0 Å². The molecule has 4 heteroatoms. The summed E-state index contributed by atoms with van der Waals surface area (Å²) in [7, 11) is 0. The molecule has 2 unspecified atom stereocenters. The summed E-state index contributed by atoms with van der Waals surface area (Å²) in [6, 6.07) is 7.22. The van der Waals surface area contributed by atoms with Crippen molar-refractivity contribution in [3.63, 3.8) is 0 Å². The van der Waals surface area contributed by atoms with Crippen LogP contribution < -0.4 is 10.6 Å². The molecule has 2 N–H and O–H groups in total. The van der Waals surface area contributed by atoms with E-state index in [1.165, 1.54) is 21.5 Å². The number of nitrogens with zero attached hydrogens (tertiary/aromatic N) is 1. The number of rotatable bonds is 3. The Balaban J connectivity index is 2.22. The van der Waals surface area contributed by atoms with Gasteiger partial charge in [-0.3, -0.25) is 0 Å². The maximum absolute atomic E-state index is 5.60. The minimum Gasteiger partial charge on any atom is -0.366 e. The number of thioether (sulfide) groups is 1. The fourth-order valence-electron chi connectivity index (χ4n) is 2.38. The average Bonchev–Trinajstić information content (AvgIpc) is 2.34. The van der Waals surface area contributed by atoms with Crippen LogP contribution in [0.5, 0.6) is 0 Å². The van der Waals surface area contributed by atoms with Crippen molar-refractivity contribution in [2.24, 2.45) is 5.73 Å². The van der Waals surface area contributed by atoms with E-state index < -0.39 is 0 Å². The van der Waals surface area contributed by atoms with Crippen LogP contribution >= 0.6 is 27.7 Å². The molecule has 0 radical (unpaired) electrons. The molecule has 0 spiro atoms. The molecular formula is C14H21BrN2S. The molecular weight excluding hydrogens is 308 g/mol. The normalized spacial score (nSPS) is 24.3. The monoisotopic (exact) mass is 328 g/mol. The number of nitrogens with two attached hydrogens (primary N) is 1. The summed E-state index contributed by atoms with van der Waals surface area (Å²) in [6.45, 7) is 6.47. The summed E-state index contributed by atoms with van der Waals surface area (Å²) < 4.78 is 1.19. The molecule has 1 aromatic rings. The Bertz CT molecular complexity index is 411. The molecule has 0 saturated carbocycles. The van der Waals surface area contributed by atoms with Gasteiger partial charge in [-0.2, -0.15) is 11.8 Å². The summed E-state index contributed by atoms with van der Waals surface area (Å²) in [6.07, 6.45) is 0.945. The van der Waals surface area contributed by atoms with Gasteiger partial charge in [-0.25, -0.2) is 0 Å². The van der Waals surface area contributed by atoms with Gasteiger partial charge in [0.05, 0.1) is 5.69 Å². The number of anilines is 1. The summed E-state index contributed by atoms with van der Waals surface area (Å²) in [5, 5.41) is 0.689. The average molecular weight is 329 g/mol. The van der Waals surface area contributed by atoms with Crippen molar-refractivity contribution in [1.82, 2.24) is 0 Å². The van der Waals surface area contributed by atoms with Crippen LogP contribution in [-0.4, -0.2) is 30.1 Å². The molecule has 18 heavy (non-hydrogen) atoms. The van der Waals surface area contributed by atoms with Crippen molar-refractivity contribution >= 4 is 33.4 Å². The van der Waals surface area contributed by atoms with Crippen LogP contribution in [0, 0.1) is 0 Å². The van der Waals surface area contributed by atoms with E-state index in [0.717, 1.165) is 13.0 Å². The molecule has 2 rings (SSSR count). The highest BCUT2D eigenvalue weighted by Gasteiger charge is 2.26. The van der Waals surface area contributed by atoms with E-state index >= 15 is 0 Å². The van der Waals surface area contributed by atoms with Crippen LogP contribution in [0.2, 0.25) is 0 Å². The van der Waals surface area contributed by atoms with Crippen molar-refractivity contribution < 1.29 is 0 Å². The third-order valence-corrected chi connectivity index (χ3v) is 5.61. The van der Waals surface area contributed by atoms with E-state index in [4.69, 9.17) is 5.73 Å². The summed E-state index contributed by atoms with van der Waals surface area (Å²) in [5.41, 5.74) is 8.22. The highest BCUT2D eigenvalue weighted by atomic mass is 79.9. The van der Waals surface area contributed by atoms with Gasteiger partial charge in [-0.15, -0.1) is 0 Å². The molecule has 2 nitrogen and oxygen atoms in total. The summed E-state index contributed by atoms with van der Waals surface area (Å²) >= 11 is 5.78. The molecule has 1 saturated heterocycles. The molecule has 2 atom stereocenters. The quantitative estimate of drug-likeness (QED) is 0.923. The van der Waals surface area contributed by atoms with Gasteiger partial charge in [0.1, 0.15) is 0 Å². The number of benzene rings is 1. The molecule has 0 aliphatic carbocycles. The smallest absolute Gasteiger partial charge is 0.0513 e. The maximum Gasteiger partial charge on any atom is 0.0513 e. The molecule has 0 amide bonds. The molecule has 1 aliphatic heterocycles. The number of halogens is 1. The van der Waals surface area contributed by atoms with Gasteiger partial charge >= 0.3 is 0 Å². The zero-order valence-electron chi connectivity index (χ0n) is 11.0. The molecule has 1 aromatic carbocycles. The predicted molar refractivity (Wildman–Crippen MR) is 85.6 cm³/mol. The second-order valence-corrected chi connectivity index (χ2v) is 7.17. The van der Waals surface area contributed by atoms with E-state index in [0.29, 0.717) is 17.8 Å². The van der Waals surface area contributed by atoms with E-state index in [1.807, 2.05) is 0 Å². The standard InChI is InChI=1S/C14H21BrN2S/c1-10-11(2)18-8-7-17(10)14-4-3-12(5-6-16)9-13(14)15/h3-4,9-11H,5-8,16H2,1-2H3. The van der Waals surface area contributed by atoms with Crippen molar-refractivity contribution in [3.8, 4) is 0 Å². The highest BCUT2D eigenvalue weighted by molar-refractivity contribution is 9.10. The Kier molecular flexibility index (Phi) is 4.98. The lowest BCUT2D eigenvalue weighted by Gasteiger charge is -2.39. The summed E-state index contributed by atoms with van der Waals surface area (Å²) in [4.78, 5) is 2.51. The van der Waals surface area contributed by atoms with E-state index in [9.17, 15) is 0 Å². The lowest BCUT2D eigenvalue weighted by Crippen LogP contribution is -2.44. The second-order valence-electron chi connectivity index (χ2n) is 4.83. The third-order valence-electron chi connectivity index (χ3n) is 3.64. The molecule has 0 bridgehead atoms. The lowest BCUT2D eigenvalue weighted by atomic mass is 10.1. The first-order valence-corrected chi connectivity index (χ1v) is 8.34. The van der Waals surface area contributed by atoms with Crippen LogP contribution in [0.3, 0.4) is 0 Å². The minimum absolute atomic E-state index is 0.584. The van der Waals surface area contributed by atoms with Crippen molar-refractivity contribution in [3.05, 3.63) is 28.2 Å². The molecule has 100 valence electrons. The second kappa shape index (κ2) is 6.31. The van der Waals surface area contributed by atoms with Gasteiger partial charge in [0.2, 0.25) is 0 Å². The molecule has 1 fully saturated rings. The van der Waals surface area contributed by atoms with Crippen molar-refractivity contribution in [2.75, 3.05) is 23.7 Å². The fraction of sp³-hybridized carbons (Fsp3) is 0.571. The van der Waals surface area contributed by atoms with Crippen LogP contribution in [0.25, 0.3) is 0 Å². The predicted octanol–water partition coefficient (Wildman–Crippen LogP) is 3.28. The zero-order chi connectivity index (χ0) is 13.1. The molecule has 1 heterocycles. The Labute approximate surface area is 122 Å². The van der Waals surface area contributed by atoms with Gasteiger partial charge < -0.3 is 10.6 Å². The Morgan fingerprint density at radius 1 is 1.44 bits per heavy atom. The Morgan fingerprint density at radius 3 is 2.89 bits per heavy atom. The first-order valence-electron chi connectivity index (χ1n) is 6.50. The van der Waals surface area contributed by atoms with E-state index in [-0.39, 0.29) is 0 Å². The van der Waals surface area contributed by atoms with Gasteiger partial charge in [-0.05, 0) is 53.5 Å². The van der Waals surface area contributed by atoms with Crippen molar-refractivity contribution in [2.45, 2.75) is 31.6 Å². The zero-order valence-corrected chi connectivity index (χ0v) is 13.4. The van der Waals surface area contributed by atoms with E-state index in [1.54, 1.807) is 0 Å². The Morgan fingerprint density at radius 2 is 2.22 bits per heavy atom. The maximum atomic E-state index is 5.60. The van der Waals surface area contributed by atoms with E-state index in [2.05, 4.69) is 64.6 Å². The number of hydrogen-bond donors (Lipinski definition) is 1. The third kappa shape index (κ3) is 3.03. The van der Waals surface area contributed by atoms with Gasteiger partial charge in [-0.1, -0.05) is 13.0 Å². The number of hydrogen-bond acceptors (Lipinski definition) is 3. The van der Waals surface area contributed by atoms with Crippen molar-refractivity contribution in [1.29, 1.82) is 0 Å². The van der Waals surface area contributed by atoms with Crippen LogP contribution in [0.4, 0.5) is 5.69 Å². The SMILES string of the molecule is CC1SCCN(c2ccc(CCN)cc2Br)C1C. The lowest BCUT2D eigenvalue weighted by molar-refractivity contribution is 0.626. The molecule has 1 aliphatic rings. The first-order chi connectivity index (χ1) is 8.63. The Hall–Kier alpha value is -0.190. The summed E-state index contributed by atoms with van der Waals surface area (Å²) in [5.74, 6) is 1.21. The molecule has 0 aromatic heterocycles.